The maximum atomic E-state index is 12.4. The zero-order valence-electron chi connectivity index (χ0n) is 12.3. The Balaban J connectivity index is 1.97. The first-order valence-corrected chi connectivity index (χ1v) is 7.54. The van der Waals surface area contributed by atoms with E-state index >= 15 is 0 Å². The van der Waals surface area contributed by atoms with Crippen molar-refractivity contribution in [3.63, 3.8) is 0 Å². The maximum absolute atomic E-state index is 12.4. The van der Waals surface area contributed by atoms with Gasteiger partial charge in [-0.3, -0.25) is 14.2 Å². The summed E-state index contributed by atoms with van der Waals surface area (Å²) >= 11 is 0. The molecule has 0 spiro atoms. The van der Waals surface area contributed by atoms with Crippen molar-refractivity contribution in [1.29, 1.82) is 0 Å². The Morgan fingerprint density at radius 2 is 1.86 bits per heavy atom. The van der Waals surface area contributed by atoms with Crippen LogP contribution in [0.5, 0.6) is 0 Å². The normalized spacial score (nSPS) is 15.4. The van der Waals surface area contributed by atoms with Crippen LogP contribution in [0.15, 0.2) is 35.1 Å². The van der Waals surface area contributed by atoms with Gasteiger partial charge in [0, 0.05) is 18.7 Å². The molecule has 0 radical (unpaired) electrons. The number of rotatable bonds is 2. The van der Waals surface area contributed by atoms with Crippen molar-refractivity contribution in [3.05, 3.63) is 46.2 Å². The van der Waals surface area contributed by atoms with E-state index in [9.17, 15) is 9.59 Å². The molecule has 0 saturated carbocycles. The fourth-order valence-electron chi connectivity index (χ4n) is 3.01. The Hall–Kier alpha value is -2.10. The van der Waals surface area contributed by atoms with Crippen LogP contribution in [-0.4, -0.2) is 28.5 Å². The average Bonchev–Trinajstić information content (AvgIpc) is 2.52. The van der Waals surface area contributed by atoms with Crippen LogP contribution in [0.4, 0.5) is 0 Å². The summed E-state index contributed by atoms with van der Waals surface area (Å²) in [6, 6.07) is 9.62. The Morgan fingerprint density at radius 1 is 1.14 bits per heavy atom. The van der Waals surface area contributed by atoms with Crippen LogP contribution in [0.2, 0.25) is 0 Å². The average molecular weight is 284 g/mol. The van der Waals surface area contributed by atoms with Crippen LogP contribution in [-0.2, 0) is 11.3 Å². The predicted octanol–water partition coefficient (Wildman–Crippen LogP) is 2.32. The van der Waals surface area contributed by atoms with Gasteiger partial charge >= 0.3 is 0 Å². The second kappa shape index (κ2) is 5.72. The number of para-hydroxylation sites is 1. The topological polar surface area (TPSA) is 42.3 Å². The molecule has 2 heterocycles. The number of amides is 1. The molecule has 21 heavy (non-hydrogen) atoms. The van der Waals surface area contributed by atoms with Crippen LogP contribution in [0, 0.1) is 6.92 Å². The summed E-state index contributed by atoms with van der Waals surface area (Å²) in [4.78, 5) is 26.7. The molecule has 0 aliphatic carbocycles. The molecule has 1 aliphatic heterocycles. The molecule has 1 fully saturated rings. The van der Waals surface area contributed by atoms with Crippen molar-refractivity contribution in [2.45, 2.75) is 32.7 Å². The predicted molar refractivity (Wildman–Crippen MR) is 83.4 cm³/mol. The number of nitrogens with zero attached hydrogens (tertiary/aromatic N) is 2. The monoisotopic (exact) mass is 284 g/mol. The van der Waals surface area contributed by atoms with E-state index in [1.54, 1.807) is 11.5 Å². The number of likely N-dealkylation sites (tertiary alicyclic amines) is 1. The largest absolute Gasteiger partial charge is 0.341 e. The molecule has 3 rings (SSSR count). The number of hydrogen-bond donors (Lipinski definition) is 0. The van der Waals surface area contributed by atoms with E-state index in [0.29, 0.717) is 5.56 Å². The minimum absolute atomic E-state index is 0.0487. The Kier molecular flexibility index (Phi) is 3.78. The van der Waals surface area contributed by atoms with Gasteiger partial charge in [-0.05, 0) is 43.7 Å². The molecule has 1 aromatic heterocycles. The summed E-state index contributed by atoms with van der Waals surface area (Å²) in [5, 5.41) is 1.00. The third-order valence-electron chi connectivity index (χ3n) is 4.18. The zero-order valence-corrected chi connectivity index (χ0v) is 12.3. The lowest BCUT2D eigenvalue weighted by Gasteiger charge is -2.27. The fourth-order valence-corrected chi connectivity index (χ4v) is 3.01. The number of aromatic nitrogens is 1. The molecule has 4 nitrogen and oxygen atoms in total. The highest BCUT2D eigenvalue weighted by molar-refractivity contribution is 5.82. The summed E-state index contributed by atoms with van der Waals surface area (Å²) in [6.07, 6.45) is 3.32. The maximum Gasteiger partial charge on any atom is 0.254 e. The molecule has 0 atom stereocenters. The zero-order chi connectivity index (χ0) is 14.8. The van der Waals surface area contributed by atoms with E-state index in [4.69, 9.17) is 0 Å². The quantitative estimate of drug-likeness (QED) is 0.849. The van der Waals surface area contributed by atoms with Gasteiger partial charge in [0.2, 0.25) is 5.91 Å². The van der Waals surface area contributed by atoms with Crippen molar-refractivity contribution in [2.75, 3.05) is 13.1 Å². The molecule has 110 valence electrons. The van der Waals surface area contributed by atoms with Gasteiger partial charge in [-0.1, -0.05) is 18.2 Å². The summed E-state index contributed by atoms with van der Waals surface area (Å²) in [5.41, 5.74) is 1.44. The summed E-state index contributed by atoms with van der Waals surface area (Å²) < 4.78 is 1.61. The van der Waals surface area contributed by atoms with Crippen molar-refractivity contribution in [1.82, 2.24) is 9.47 Å². The minimum Gasteiger partial charge on any atom is -0.341 e. The van der Waals surface area contributed by atoms with Crippen molar-refractivity contribution in [2.24, 2.45) is 0 Å². The number of carbonyl (C=O) groups is 1. The van der Waals surface area contributed by atoms with Gasteiger partial charge in [0.15, 0.2) is 0 Å². The van der Waals surface area contributed by atoms with Crippen molar-refractivity contribution >= 4 is 16.8 Å². The number of carbonyl (C=O) groups excluding carboxylic acids is 1. The number of benzene rings is 1. The van der Waals surface area contributed by atoms with Crippen LogP contribution in [0.1, 0.15) is 24.8 Å². The van der Waals surface area contributed by atoms with E-state index in [2.05, 4.69) is 0 Å². The first kappa shape index (κ1) is 13.9. The molecule has 0 bridgehead atoms. The number of pyridine rings is 1. The molecule has 0 N–H and O–H groups in total. The van der Waals surface area contributed by atoms with Crippen LogP contribution in [0.3, 0.4) is 0 Å². The highest BCUT2D eigenvalue weighted by Crippen LogP contribution is 2.14. The Bertz CT molecular complexity index is 727. The van der Waals surface area contributed by atoms with Gasteiger partial charge in [-0.15, -0.1) is 0 Å². The molecule has 1 amide bonds. The van der Waals surface area contributed by atoms with E-state index in [1.165, 1.54) is 6.42 Å². The van der Waals surface area contributed by atoms with Crippen LogP contribution < -0.4 is 5.56 Å². The first-order chi connectivity index (χ1) is 10.2. The van der Waals surface area contributed by atoms with Gasteiger partial charge in [0.1, 0.15) is 6.54 Å². The highest BCUT2D eigenvalue weighted by atomic mass is 16.2. The third kappa shape index (κ3) is 2.71. The van der Waals surface area contributed by atoms with E-state index in [0.717, 1.165) is 36.8 Å². The fraction of sp³-hybridized carbons (Fsp3) is 0.412. The molecular formula is C17H20N2O2. The first-order valence-electron chi connectivity index (χ1n) is 7.54. The van der Waals surface area contributed by atoms with E-state index in [-0.39, 0.29) is 18.0 Å². The van der Waals surface area contributed by atoms with Gasteiger partial charge in [-0.2, -0.15) is 0 Å². The molecule has 0 unspecified atom stereocenters. The van der Waals surface area contributed by atoms with Gasteiger partial charge in [-0.25, -0.2) is 0 Å². The molecule has 1 aliphatic rings. The van der Waals surface area contributed by atoms with Crippen molar-refractivity contribution in [3.8, 4) is 0 Å². The number of aryl methyl sites for hydroxylation is 1. The Morgan fingerprint density at radius 3 is 2.62 bits per heavy atom. The third-order valence-corrected chi connectivity index (χ3v) is 4.18. The number of piperidine rings is 1. The number of fused-ring (bicyclic) bond motifs is 1. The minimum atomic E-state index is -0.0703. The Labute approximate surface area is 124 Å². The highest BCUT2D eigenvalue weighted by Gasteiger charge is 2.18. The second-order valence-electron chi connectivity index (χ2n) is 5.72. The van der Waals surface area contributed by atoms with Crippen LogP contribution in [0.25, 0.3) is 10.9 Å². The van der Waals surface area contributed by atoms with E-state index in [1.807, 2.05) is 35.2 Å². The van der Waals surface area contributed by atoms with Crippen molar-refractivity contribution < 1.29 is 4.79 Å². The summed E-state index contributed by atoms with van der Waals surface area (Å²) in [7, 11) is 0. The van der Waals surface area contributed by atoms with Gasteiger partial charge in [0.05, 0.1) is 5.52 Å². The lowest BCUT2D eigenvalue weighted by molar-refractivity contribution is -0.132. The molecule has 2 aromatic rings. The summed E-state index contributed by atoms with van der Waals surface area (Å²) in [6.45, 7) is 3.58. The molecule has 4 heteroatoms. The second-order valence-corrected chi connectivity index (χ2v) is 5.72. The van der Waals surface area contributed by atoms with Crippen LogP contribution >= 0.6 is 0 Å². The molecular weight excluding hydrogens is 264 g/mol. The standard InChI is InChI=1S/C17H20N2O2/c1-13-11-14-7-3-4-8-15(14)19(17(13)21)12-16(20)18-9-5-2-6-10-18/h3-4,7-8,11H,2,5-6,9-10,12H2,1H3. The van der Waals surface area contributed by atoms with E-state index < -0.39 is 0 Å². The lowest BCUT2D eigenvalue weighted by Crippen LogP contribution is -2.39. The lowest BCUT2D eigenvalue weighted by atomic mass is 10.1. The van der Waals surface area contributed by atoms with Gasteiger partial charge in [0.25, 0.3) is 5.56 Å². The van der Waals surface area contributed by atoms with Gasteiger partial charge < -0.3 is 4.90 Å². The molecule has 1 saturated heterocycles. The smallest absolute Gasteiger partial charge is 0.254 e. The SMILES string of the molecule is Cc1cc2ccccc2n(CC(=O)N2CCCCC2)c1=O. The molecule has 1 aromatic carbocycles. The summed E-state index contributed by atoms with van der Waals surface area (Å²) in [5.74, 6) is 0.0487. The number of hydrogen-bond acceptors (Lipinski definition) is 2.